The van der Waals surface area contributed by atoms with Crippen molar-refractivity contribution in [1.29, 1.82) is 0 Å². The Bertz CT molecular complexity index is 367. The van der Waals surface area contributed by atoms with Gasteiger partial charge in [-0.1, -0.05) is 18.2 Å². The molecule has 74 valence electrons. The van der Waals surface area contributed by atoms with Crippen LogP contribution in [0.3, 0.4) is 0 Å². The molecule has 0 aromatic heterocycles. The van der Waals surface area contributed by atoms with Gasteiger partial charge in [-0.15, -0.1) is 0 Å². The van der Waals surface area contributed by atoms with Crippen molar-refractivity contribution in [3.05, 3.63) is 34.9 Å². The first-order valence-electron chi connectivity index (χ1n) is 5.58. The molecular formula is C13H16O. The average molecular weight is 188 g/mol. The van der Waals surface area contributed by atoms with Crippen molar-refractivity contribution in [3.8, 4) is 0 Å². The van der Waals surface area contributed by atoms with Crippen LogP contribution in [-0.4, -0.2) is 5.11 Å². The van der Waals surface area contributed by atoms with Crippen molar-refractivity contribution in [3.63, 3.8) is 0 Å². The molecule has 1 fully saturated rings. The molecule has 0 radical (unpaired) electrons. The summed E-state index contributed by atoms with van der Waals surface area (Å²) in [6, 6.07) is 6.44. The van der Waals surface area contributed by atoms with Crippen LogP contribution in [0, 0.1) is 0 Å². The third kappa shape index (κ3) is 0.992. The summed E-state index contributed by atoms with van der Waals surface area (Å²) in [5.41, 5.74) is 4.19. The summed E-state index contributed by atoms with van der Waals surface area (Å²) >= 11 is 0. The minimum Gasteiger partial charge on any atom is -0.389 e. The van der Waals surface area contributed by atoms with E-state index >= 15 is 0 Å². The zero-order chi connectivity index (χ0) is 9.71. The van der Waals surface area contributed by atoms with E-state index in [4.69, 9.17) is 0 Å². The summed E-state index contributed by atoms with van der Waals surface area (Å²) in [4.78, 5) is 0. The van der Waals surface area contributed by atoms with Gasteiger partial charge in [0.1, 0.15) is 0 Å². The average Bonchev–Trinajstić information content (AvgIpc) is 2.77. The second kappa shape index (κ2) is 2.83. The summed E-state index contributed by atoms with van der Waals surface area (Å²) in [5.74, 6) is 1.55. The van der Waals surface area contributed by atoms with Crippen molar-refractivity contribution in [2.75, 3.05) is 0 Å². The van der Waals surface area contributed by atoms with Crippen LogP contribution in [0.5, 0.6) is 0 Å². The lowest BCUT2D eigenvalue weighted by atomic mass is 9.87. The van der Waals surface area contributed by atoms with E-state index in [0.717, 1.165) is 11.8 Å². The molecule has 0 aliphatic heterocycles. The number of rotatable bonds is 1. The number of fused-ring (bicyclic) bond motifs is 5. The lowest BCUT2D eigenvalue weighted by Gasteiger charge is -2.20. The Hall–Kier alpha value is -0.820. The molecule has 1 saturated carbocycles. The molecule has 1 N–H and O–H groups in total. The summed E-state index contributed by atoms with van der Waals surface area (Å²) in [6.07, 6.45) is 3.73. The van der Waals surface area contributed by atoms with Crippen LogP contribution in [0.25, 0.3) is 0 Å². The van der Waals surface area contributed by atoms with Gasteiger partial charge in [-0.05, 0) is 54.7 Å². The van der Waals surface area contributed by atoms with Crippen LogP contribution >= 0.6 is 0 Å². The monoisotopic (exact) mass is 188 g/mol. The lowest BCUT2D eigenvalue weighted by Crippen LogP contribution is -2.04. The number of aliphatic hydroxyl groups is 1. The quantitative estimate of drug-likeness (QED) is 0.718. The molecule has 0 spiro atoms. The van der Waals surface area contributed by atoms with E-state index in [2.05, 4.69) is 18.2 Å². The maximum atomic E-state index is 9.72. The number of benzene rings is 1. The van der Waals surface area contributed by atoms with Crippen molar-refractivity contribution in [1.82, 2.24) is 0 Å². The Morgan fingerprint density at radius 1 is 1.29 bits per heavy atom. The molecule has 3 unspecified atom stereocenters. The highest BCUT2D eigenvalue weighted by atomic mass is 16.3. The van der Waals surface area contributed by atoms with Crippen LogP contribution in [0.2, 0.25) is 0 Å². The van der Waals surface area contributed by atoms with E-state index in [0.29, 0.717) is 0 Å². The molecule has 2 bridgehead atoms. The zero-order valence-corrected chi connectivity index (χ0v) is 8.53. The second-order valence-corrected chi connectivity index (χ2v) is 4.73. The van der Waals surface area contributed by atoms with Gasteiger partial charge in [0.2, 0.25) is 0 Å². The van der Waals surface area contributed by atoms with Gasteiger partial charge in [0.05, 0.1) is 6.10 Å². The summed E-state index contributed by atoms with van der Waals surface area (Å²) < 4.78 is 0. The third-order valence-corrected chi connectivity index (χ3v) is 3.90. The predicted molar refractivity (Wildman–Crippen MR) is 56.4 cm³/mol. The smallest absolute Gasteiger partial charge is 0.0764 e. The minimum atomic E-state index is -0.302. The Labute approximate surface area is 84.8 Å². The summed E-state index contributed by atoms with van der Waals surface area (Å²) in [7, 11) is 0. The molecule has 1 nitrogen and oxygen atoms in total. The summed E-state index contributed by atoms with van der Waals surface area (Å²) in [6.45, 7) is 1.88. The van der Waals surface area contributed by atoms with Crippen molar-refractivity contribution in [2.45, 2.75) is 44.1 Å². The van der Waals surface area contributed by atoms with E-state index in [1.807, 2.05) is 6.92 Å². The normalized spacial score (nSPS) is 30.4. The van der Waals surface area contributed by atoms with E-state index in [9.17, 15) is 5.11 Å². The zero-order valence-electron chi connectivity index (χ0n) is 8.53. The van der Waals surface area contributed by atoms with Crippen molar-refractivity contribution in [2.24, 2.45) is 0 Å². The van der Waals surface area contributed by atoms with E-state index < -0.39 is 0 Å². The van der Waals surface area contributed by atoms with Gasteiger partial charge in [-0.3, -0.25) is 0 Å². The van der Waals surface area contributed by atoms with E-state index in [1.165, 1.54) is 36.0 Å². The van der Waals surface area contributed by atoms with Gasteiger partial charge < -0.3 is 5.11 Å². The largest absolute Gasteiger partial charge is 0.389 e. The van der Waals surface area contributed by atoms with E-state index in [1.54, 1.807) is 0 Å². The molecule has 0 saturated heterocycles. The molecule has 1 heteroatoms. The van der Waals surface area contributed by atoms with Crippen molar-refractivity contribution < 1.29 is 5.11 Å². The Kier molecular flexibility index (Phi) is 1.72. The fourth-order valence-corrected chi connectivity index (χ4v) is 3.32. The lowest BCUT2D eigenvalue weighted by molar-refractivity contribution is 0.197. The number of hydrogen-bond acceptors (Lipinski definition) is 1. The fraction of sp³-hybridized carbons (Fsp3) is 0.538. The third-order valence-electron chi connectivity index (χ3n) is 3.90. The standard InChI is InChI=1S/C13H16O/c1-8(14)11-3-2-4-12-9-5-6-10(7-9)13(11)12/h2-4,8-10,14H,5-7H2,1H3. The molecule has 1 aromatic rings. The molecule has 0 amide bonds. The van der Waals surface area contributed by atoms with Crippen molar-refractivity contribution >= 4 is 0 Å². The van der Waals surface area contributed by atoms with Crippen LogP contribution in [-0.2, 0) is 0 Å². The molecule has 3 atom stereocenters. The maximum absolute atomic E-state index is 9.72. The van der Waals surface area contributed by atoms with E-state index in [-0.39, 0.29) is 6.10 Å². The van der Waals surface area contributed by atoms with Gasteiger partial charge in [-0.2, -0.15) is 0 Å². The Balaban J connectivity index is 2.18. The fourth-order valence-electron chi connectivity index (χ4n) is 3.32. The van der Waals surface area contributed by atoms with Gasteiger partial charge in [-0.25, -0.2) is 0 Å². The molecule has 14 heavy (non-hydrogen) atoms. The minimum absolute atomic E-state index is 0.302. The van der Waals surface area contributed by atoms with Crippen LogP contribution in [0.1, 0.15) is 60.8 Å². The van der Waals surface area contributed by atoms with Crippen LogP contribution in [0.15, 0.2) is 18.2 Å². The highest BCUT2D eigenvalue weighted by molar-refractivity contribution is 5.47. The SMILES string of the molecule is CC(O)c1cccc2c1C1CCC2C1. The van der Waals surface area contributed by atoms with Crippen LogP contribution < -0.4 is 0 Å². The number of hydrogen-bond donors (Lipinski definition) is 1. The highest BCUT2D eigenvalue weighted by Gasteiger charge is 2.38. The second-order valence-electron chi connectivity index (χ2n) is 4.73. The maximum Gasteiger partial charge on any atom is 0.0764 e. The van der Waals surface area contributed by atoms with Crippen LogP contribution in [0.4, 0.5) is 0 Å². The predicted octanol–water partition coefficient (Wildman–Crippen LogP) is 3.10. The Morgan fingerprint density at radius 3 is 2.86 bits per heavy atom. The topological polar surface area (TPSA) is 20.2 Å². The first kappa shape index (κ1) is 8.49. The van der Waals surface area contributed by atoms with Gasteiger partial charge in [0, 0.05) is 0 Å². The first-order valence-corrected chi connectivity index (χ1v) is 5.58. The summed E-state index contributed by atoms with van der Waals surface area (Å²) in [5, 5.41) is 9.72. The first-order chi connectivity index (χ1) is 6.77. The molecule has 1 aromatic carbocycles. The molecule has 2 aliphatic rings. The molecule has 3 rings (SSSR count). The van der Waals surface area contributed by atoms with Gasteiger partial charge in [0.25, 0.3) is 0 Å². The molecule has 0 heterocycles. The van der Waals surface area contributed by atoms with Gasteiger partial charge in [0.15, 0.2) is 0 Å². The molecule has 2 aliphatic carbocycles. The Morgan fingerprint density at radius 2 is 2.07 bits per heavy atom. The molecular weight excluding hydrogens is 172 g/mol. The van der Waals surface area contributed by atoms with Gasteiger partial charge >= 0.3 is 0 Å². The highest BCUT2D eigenvalue weighted by Crippen LogP contribution is 2.54. The number of aliphatic hydroxyl groups excluding tert-OH is 1.